The topological polar surface area (TPSA) is 183 Å². The van der Waals surface area contributed by atoms with E-state index in [4.69, 9.17) is 9.47 Å². The molecule has 6 N–H and O–H groups in total. The molecule has 3 aliphatic heterocycles. The number of hydrogen-bond donors (Lipinski definition) is 6. The second-order valence-corrected chi connectivity index (χ2v) is 18.0. The molecule has 3 aliphatic carbocycles. The summed E-state index contributed by atoms with van der Waals surface area (Å²) in [7, 11) is 0. The molecule has 9 unspecified atom stereocenters. The Morgan fingerprint density at radius 3 is 2.55 bits per heavy atom. The van der Waals surface area contributed by atoms with Crippen molar-refractivity contribution in [2.24, 2.45) is 17.8 Å². The number of aliphatic hydroxyl groups is 4. The molecule has 9 rings (SSSR count). The van der Waals surface area contributed by atoms with Gasteiger partial charge in [0.15, 0.2) is 0 Å². The quantitative estimate of drug-likeness (QED) is 0.113. The van der Waals surface area contributed by atoms with Gasteiger partial charge in [-0.1, -0.05) is 42.5 Å². The van der Waals surface area contributed by atoms with Gasteiger partial charge in [0.25, 0.3) is 0 Å². The Morgan fingerprint density at radius 2 is 1.73 bits per heavy atom. The molecule has 3 heterocycles. The van der Waals surface area contributed by atoms with Gasteiger partial charge in [-0.3, -0.25) is 9.59 Å². The minimum absolute atomic E-state index is 0.00514. The third-order valence-corrected chi connectivity index (χ3v) is 14.2. The number of benzene rings is 3. The Bertz CT molecular complexity index is 2340. The van der Waals surface area contributed by atoms with Gasteiger partial charge in [0.05, 0.1) is 31.2 Å². The number of ketones is 1. The van der Waals surface area contributed by atoms with Crippen LogP contribution in [-0.2, 0) is 51.4 Å². The third kappa shape index (κ3) is 7.64. The van der Waals surface area contributed by atoms with E-state index in [1.54, 1.807) is 19.1 Å². The average molecular weight is 816 g/mol. The Morgan fingerprint density at radius 1 is 0.900 bits per heavy atom. The number of aromatic hydroxyl groups is 1. The monoisotopic (exact) mass is 815 g/mol. The fraction of sp³-hybridized carbons (Fsp3) is 0.490. The number of aryl methyl sites for hydroxylation is 1. The fourth-order valence-electron chi connectivity index (χ4n) is 11.2. The van der Waals surface area contributed by atoms with Crippen LogP contribution < -0.4 is 10.1 Å². The summed E-state index contributed by atoms with van der Waals surface area (Å²) in [5, 5.41) is 60.6. The zero-order chi connectivity index (χ0) is 41.9. The van der Waals surface area contributed by atoms with Crippen LogP contribution in [0.3, 0.4) is 0 Å². The summed E-state index contributed by atoms with van der Waals surface area (Å²) in [6.45, 7) is 1.63. The number of nitrogens with one attached hydrogen (secondary N) is 1. The summed E-state index contributed by atoms with van der Waals surface area (Å²) < 4.78 is 12.3. The number of anilines is 1. The molecular weight excluding hydrogens is 763 g/mol. The number of carbonyl (C=O) groups is 3. The van der Waals surface area contributed by atoms with E-state index in [0.717, 1.165) is 23.1 Å². The van der Waals surface area contributed by atoms with Crippen LogP contribution in [0.2, 0.25) is 0 Å². The van der Waals surface area contributed by atoms with Gasteiger partial charge in [-0.15, -0.1) is 0 Å². The highest BCUT2D eigenvalue weighted by Crippen LogP contribution is 2.52. The molecule has 0 saturated heterocycles. The molecule has 2 saturated carbocycles. The molecule has 3 aromatic rings. The normalized spacial score (nSPS) is 30.3. The second-order valence-electron chi connectivity index (χ2n) is 18.0. The summed E-state index contributed by atoms with van der Waals surface area (Å²) >= 11 is 0. The highest BCUT2D eigenvalue weighted by Gasteiger charge is 2.55. The van der Waals surface area contributed by atoms with Crippen molar-refractivity contribution in [3.8, 4) is 23.3 Å². The Hall–Kier alpha value is -4.99. The zero-order valence-corrected chi connectivity index (χ0v) is 33.9. The molecule has 0 aromatic heterocycles. The number of carbonyl (C=O) groups excluding carboxylic acids is 3. The van der Waals surface area contributed by atoms with Gasteiger partial charge in [-0.05, 0) is 121 Å². The molecule has 0 amide bonds. The summed E-state index contributed by atoms with van der Waals surface area (Å²) in [4.78, 5) is 42.1. The van der Waals surface area contributed by atoms with Crippen molar-refractivity contribution < 1.29 is 49.4 Å². The smallest absolute Gasteiger partial charge is 0.334 e. The van der Waals surface area contributed by atoms with Crippen molar-refractivity contribution in [3.05, 3.63) is 98.6 Å². The average Bonchev–Trinajstić information content (AvgIpc) is 3.37. The van der Waals surface area contributed by atoms with Crippen LogP contribution >= 0.6 is 0 Å². The van der Waals surface area contributed by atoms with Crippen LogP contribution in [0.5, 0.6) is 11.5 Å². The van der Waals surface area contributed by atoms with E-state index < -0.39 is 47.7 Å². The zero-order valence-electron chi connectivity index (χ0n) is 33.9. The van der Waals surface area contributed by atoms with Crippen molar-refractivity contribution in [2.45, 2.75) is 126 Å². The summed E-state index contributed by atoms with van der Waals surface area (Å²) in [5.41, 5.74) is 5.13. The maximum absolute atomic E-state index is 15.3. The molecule has 0 spiro atoms. The third-order valence-electron chi connectivity index (χ3n) is 14.2. The van der Waals surface area contributed by atoms with Crippen molar-refractivity contribution in [2.75, 3.05) is 11.9 Å². The van der Waals surface area contributed by atoms with E-state index in [-0.39, 0.29) is 79.4 Å². The first-order chi connectivity index (χ1) is 28.9. The Kier molecular flexibility index (Phi) is 10.9. The first-order valence-corrected chi connectivity index (χ1v) is 21.6. The van der Waals surface area contributed by atoms with Gasteiger partial charge >= 0.3 is 11.9 Å². The number of hydrogen-bond acceptors (Lipinski definition) is 11. The first-order valence-electron chi connectivity index (χ1n) is 21.6. The molecule has 2 fully saturated rings. The van der Waals surface area contributed by atoms with Gasteiger partial charge in [-0.2, -0.15) is 0 Å². The minimum Gasteiger partial charge on any atom is -0.508 e. The summed E-state index contributed by atoms with van der Waals surface area (Å²) in [6.07, 6.45) is 1.16. The van der Waals surface area contributed by atoms with E-state index in [0.29, 0.717) is 78.5 Å². The van der Waals surface area contributed by atoms with Gasteiger partial charge in [-0.25, -0.2) is 4.79 Å². The number of aliphatic hydroxyl groups excluding tert-OH is 3. The van der Waals surface area contributed by atoms with Crippen molar-refractivity contribution in [1.29, 1.82) is 0 Å². The Balaban J connectivity index is 1.27. The molecule has 0 radical (unpaired) electrons. The van der Waals surface area contributed by atoms with Crippen LogP contribution in [0, 0.1) is 29.6 Å². The van der Waals surface area contributed by atoms with Crippen molar-refractivity contribution >= 4 is 23.4 Å². The largest absolute Gasteiger partial charge is 0.508 e. The van der Waals surface area contributed by atoms with Crippen molar-refractivity contribution in [1.82, 2.24) is 0 Å². The SMILES string of the molecule is CC(O)CNc1cc(CO)cc(C2C#CC3CC(=O)Oc4cc(O)c(cc43)CC3OC(=O)C(=C4CCc5ccc(cc5CC4O)CC4C(=O)CCC5C4CCCC35O)C2)c1. The number of esters is 2. The molecule has 11 bridgehead atoms. The lowest BCUT2D eigenvalue weighted by atomic mass is 9.56. The molecule has 6 aliphatic rings. The predicted molar refractivity (Wildman–Crippen MR) is 221 cm³/mol. The van der Waals surface area contributed by atoms with E-state index in [9.17, 15) is 35.1 Å². The molecule has 11 nitrogen and oxygen atoms in total. The fourth-order valence-corrected chi connectivity index (χ4v) is 11.2. The predicted octanol–water partition coefficient (Wildman–Crippen LogP) is 5.24. The van der Waals surface area contributed by atoms with E-state index in [1.165, 1.54) is 6.07 Å². The van der Waals surface area contributed by atoms with Crippen LogP contribution in [0.1, 0.15) is 109 Å². The summed E-state index contributed by atoms with van der Waals surface area (Å²) in [5.74, 6) is 3.55. The Labute approximate surface area is 349 Å². The number of Topliss-reactive ketones (excluding diaryl/α,β-unsaturated/α-hetero) is 1. The highest BCUT2D eigenvalue weighted by molar-refractivity contribution is 5.90. The molecular formula is C49H53NO10. The first kappa shape index (κ1) is 40.4. The van der Waals surface area contributed by atoms with Gasteiger partial charge in [0.1, 0.15) is 29.0 Å². The standard InChI is InChI=1S/C49H53NO10/c1-26(52)24-50-35-15-28(25-51)14-32(17-35)30-6-7-31-22-47(56)59-45-23-43(54)34(19-38(31)45)21-46-49(58)12-2-3-36-39(42(53)11-10-41(36)49)16-27-4-5-29-8-9-37(40(18-30)48(57)60-46)44(55)20-33(29)13-27/h4-5,13-15,17,19,23,26,30-31,36,39,41,44,46,50-52,54-55,58H,2-3,8-12,16,18,20-22,24-25H2,1H3. The maximum Gasteiger partial charge on any atom is 0.334 e. The lowest BCUT2D eigenvalue weighted by Gasteiger charge is -2.52. The maximum atomic E-state index is 15.3. The molecule has 9 atom stereocenters. The van der Waals surface area contributed by atoms with Gasteiger partial charge in [0, 0.05) is 60.5 Å². The minimum atomic E-state index is -1.56. The van der Waals surface area contributed by atoms with Crippen LogP contribution in [0.25, 0.3) is 0 Å². The molecule has 11 heteroatoms. The number of phenolic OH excluding ortho intramolecular Hbond substituents is 1. The van der Waals surface area contributed by atoms with E-state index >= 15 is 4.79 Å². The number of rotatable bonds is 5. The van der Waals surface area contributed by atoms with Gasteiger partial charge in [0.2, 0.25) is 0 Å². The number of fused-ring (bicyclic) bond motifs is 8. The number of phenols is 1. The summed E-state index contributed by atoms with van der Waals surface area (Å²) in [6, 6.07) is 14.9. The van der Waals surface area contributed by atoms with Crippen LogP contribution in [-0.4, -0.2) is 73.7 Å². The molecule has 314 valence electrons. The lowest BCUT2D eigenvalue weighted by Crippen LogP contribution is -2.59. The lowest BCUT2D eigenvalue weighted by molar-refractivity contribution is -0.191. The molecule has 3 aromatic carbocycles. The van der Waals surface area contributed by atoms with Crippen LogP contribution in [0.15, 0.2) is 59.7 Å². The van der Waals surface area contributed by atoms with Gasteiger partial charge < -0.3 is 40.3 Å². The van der Waals surface area contributed by atoms with Crippen molar-refractivity contribution in [3.63, 3.8) is 0 Å². The molecule has 60 heavy (non-hydrogen) atoms. The second kappa shape index (κ2) is 16.1. The highest BCUT2D eigenvalue weighted by atomic mass is 16.6. The van der Waals surface area contributed by atoms with E-state index in [1.807, 2.05) is 12.1 Å². The number of ether oxygens (including phenoxy) is 2. The van der Waals surface area contributed by atoms with E-state index in [2.05, 4.69) is 35.4 Å². The van der Waals surface area contributed by atoms with Crippen LogP contribution in [0.4, 0.5) is 5.69 Å².